The zero-order valence-electron chi connectivity index (χ0n) is 6.61. The van der Waals surface area contributed by atoms with Crippen LogP contribution in [-0.2, 0) is 4.79 Å². The maximum atomic E-state index is 10.3. The molecule has 0 radical (unpaired) electrons. The number of aldehydes is 1. The standard InChI is InChI=1S/C9H6O3S/c10-5-8-4-7(6-13-8)2-1-3-9(11)12/h4-6H,3H2,(H,11,12). The number of thiophene rings is 1. The van der Waals surface area contributed by atoms with E-state index in [9.17, 15) is 9.59 Å². The van der Waals surface area contributed by atoms with Gasteiger partial charge in [-0.3, -0.25) is 9.59 Å². The molecule has 0 amide bonds. The molecule has 0 aliphatic heterocycles. The van der Waals surface area contributed by atoms with E-state index in [-0.39, 0.29) is 6.42 Å². The molecule has 3 nitrogen and oxygen atoms in total. The normalized spacial score (nSPS) is 8.62. The van der Waals surface area contributed by atoms with Gasteiger partial charge in [0.05, 0.1) is 4.88 Å². The molecule has 0 fully saturated rings. The van der Waals surface area contributed by atoms with Crippen molar-refractivity contribution < 1.29 is 14.7 Å². The highest BCUT2D eigenvalue weighted by atomic mass is 32.1. The third kappa shape index (κ3) is 3.09. The minimum absolute atomic E-state index is 0.174. The van der Waals surface area contributed by atoms with Crippen LogP contribution in [0.5, 0.6) is 0 Å². The number of hydrogen-bond acceptors (Lipinski definition) is 3. The Bertz CT molecular complexity index is 381. The molecule has 0 aliphatic carbocycles. The van der Waals surface area contributed by atoms with Crippen LogP contribution in [0.25, 0.3) is 0 Å². The van der Waals surface area contributed by atoms with Gasteiger partial charge in [0.15, 0.2) is 6.29 Å². The molecule has 1 heterocycles. The lowest BCUT2D eigenvalue weighted by molar-refractivity contribution is -0.135. The first-order valence-electron chi connectivity index (χ1n) is 3.47. The van der Waals surface area contributed by atoms with E-state index in [1.165, 1.54) is 11.3 Å². The first-order valence-corrected chi connectivity index (χ1v) is 4.34. The van der Waals surface area contributed by atoms with Crippen molar-refractivity contribution in [3.05, 3.63) is 21.9 Å². The summed E-state index contributed by atoms with van der Waals surface area (Å²) in [5.41, 5.74) is 0.688. The molecule has 66 valence electrons. The Kier molecular flexibility index (Phi) is 3.23. The smallest absolute Gasteiger partial charge is 0.315 e. The average Bonchev–Trinajstić information content (AvgIpc) is 2.52. The lowest BCUT2D eigenvalue weighted by Crippen LogP contribution is -1.89. The van der Waals surface area contributed by atoms with Crippen LogP contribution in [0.2, 0.25) is 0 Å². The molecule has 0 atom stereocenters. The molecule has 0 bridgehead atoms. The molecule has 13 heavy (non-hydrogen) atoms. The Morgan fingerprint density at radius 3 is 3.00 bits per heavy atom. The fourth-order valence-electron chi connectivity index (χ4n) is 0.702. The van der Waals surface area contributed by atoms with Gasteiger partial charge >= 0.3 is 5.97 Å². The quantitative estimate of drug-likeness (QED) is 0.571. The number of carbonyl (C=O) groups is 2. The zero-order valence-corrected chi connectivity index (χ0v) is 7.43. The molecule has 0 saturated heterocycles. The van der Waals surface area contributed by atoms with Crippen molar-refractivity contribution in [2.45, 2.75) is 6.42 Å². The Morgan fingerprint density at radius 1 is 1.69 bits per heavy atom. The van der Waals surface area contributed by atoms with Gasteiger partial charge in [-0.1, -0.05) is 11.8 Å². The van der Waals surface area contributed by atoms with E-state index in [2.05, 4.69) is 11.8 Å². The third-order valence-corrected chi connectivity index (χ3v) is 2.07. The fraction of sp³-hybridized carbons (Fsp3) is 0.111. The number of aliphatic carboxylic acids is 1. The van der Waals surface area contributed by atoms with Gasteiger partial charge in [-0.05, 0) is 6.07 Å². The largest absolute Gasteiger partial charge is 0.481 e. The lowest BCUT2D eigenvalue weighted by Gasteiger charge is -1.78. The van der Waals surface area contributed by atoms with Crippen molar-refractivity contribution in [3.63, 3.8) is 0 Å². The van der Waals surface area contributed by atoms with Crippen LogP contribution < -0.4 is 0 Å². The van der Waals surface area contributed by atoms with E-state index in [1.807, 2.05) is 0 Å². The predicted molar refractivity (Wildman–Crippen MR) is 48.8 cm³/mol. The minimum atomic E-state index is -0.946. The molecule has 1 N–H and O–H groups in total. The highest BCUT2D eigenvalue weighted by molar-refractivity contribution is 7.11. The van der Waals surface area contributed by atoms with Gasteiger partial charge in [0.25, 0.3) is 0 Å². The summed E-state index contributed by atoms with van der Waals surface area (Å²) in [6.45, 7) is 0. The molecular formula is C9H6O3S. The molecule has 1 aromatic heterocycles. The van der Waals surface area contributed by atoms with E-state index >= 15 is 0 Å². The highest BCUT2D eigenvalue weighted by Gasteiger charge is 1.94. The average molecular weight is 194 g/mol. The van der Waals surface area contributed by atoms with E-state index in [4.69, 9.17) is 5.11 Å². The summed E-state index contributed by atoms with van der Waals surface area (Å²) < 4.78 is 0. The van der Waals surface area contributed by atoms with Crippen molar-refractivity contribution in [1.82, 2.24) is 0 Å². The Labute approximate surface area is 79.0 Å². The van der Waals surface area contributed by atoms with Crippen molar-refractivity contribution in [2.75, 3.05) is 0 Å². The van der Waals surface area contributed by atoms with Gasteiger partial charge in [0.2, 0.25) is 0 Å². The van der Waals surface area contributed by atoms with Crippen LogP contribution in [0.15, 0.2) is 11.4 Å². The Balaban J connectivity index is 2.66. The first kappa shape index (κ1) is 9.49. The Hall–Kier alpha value is -1.60. The molecular weight excluding hydrogens is 188 g/mol. The van der Waals surface area contributed by atoms with Crippen LogP contribution in [0.1, 0.15) is 21.7 Å². The highest BCUT2D eigenvalue weighted by Crippen LogP contribution is 2.10. The molecule has 0 unspecified atom stereocenters. The number of rotatable bonds is 2. The number of carbonyl (C=O) groups excluding carboxylic acids is 1. The van der Waals surface area contributed by atoms with E-state index in [0.717, 1.165) is 6.29 Å². The van der Waals surface area contributed by atoms with Crippen molar-refractivity contribution >= 4 is 23.6 Å². The Morgan fingerprint density at radius 2 is 2.46 bits per heavy atom. The summed E-state index contributed by atoms with van der Waals surface area (Å²) >= 11 is 1.29. The van der Waals surface area contributed by atoms with Gasteiger partial charge in [0.1, 0.15) is 6.42 Å². The molecule has 4 heteroatoms. The second-order valence-electron chi connectivity index (χ2n) is 2.23. The summed E-state index contributed by atoms with van der Waals surface area (Å²) in [6.07, 6.45) is 0.569. The monoisotopic (exact) mass is 194 g/mol. The van der Waals surface area contributed by atoms with Gasteiger partial charge in [0, 0.05) is 10.9 Å². The molecule has 0 saturated carbocycles. The fourth-order valence-corrected chi connectivity index (χ4v) is 1.34. The van der Waals surface area contributed by atoms with Crippen LogP contribution in [0.3, 0.4) is 0 Å². The van der Waals surface area contributed by atoms with Crippen molar-refractivity contribution in [3.8, 4) is 11.8 Å². The summed E-state index contributed by atoms with van der Waals surface area (Å²) in [5, 5.41) is 10.0. The van der Waals surface area contributed by atoms with E-state index in [1.54, 1.807) is 11.4 Å². The SMILES string of the molecule is O=Cc1cc(C#CCC(=O)O)cs1. The van der Waals surface area contributed by atoms with Crippen LogP contribution in [-0.4, -0.2) is 17.4 Å². The third-order valence-electron chi connectivity index (χ3n) is 1.21. The lowest BCUT2D eigenvalue weighted by atomic mass is 10.3. The van der Waals surface area contributed by atoms with Crippen LogP contribution in [0, 0.1) is 11.8 Å². The van der Waals surface area contributed by atoms with Crippen molar-refractivity contribution in [2.24, 2.45) is 0 Å². The van der Waals surface area contributed by atoms with Gasteiger partial charge in [-0.25, -0.2) is 0 Å². The van der Waals surface area contributed by atoms with E-state index < -0.39 is 5.97 Å². The predicted octanol–water partition coefficient (Wildman–Crippen LogP) is 1.39. The van der Waals surface area contributed by atoms with E-state index in [0.29, 0.717) is 10.4 Å². The summed E-state index contributed by atoms with van der Waals surface area (Å²) in [5.74, 6) is 4.19. The number of carboxylic acid groups (broad SMARTS) is 1. The maximum absolute atomic E-state index is 10.3. The second kappa shape index (κ2) is 4.43. The zero-order chi connectivity index (χ0) is 9.68. The second-order valence-corrected chi connectivity index (χ2v) is 3.17. The molecule has 0 aliphatic rings. The molecule has 1 aromatic rings. The van der Waals surface area contributed by atoms with Crippen molar-refractivity contribution in [1.29, 1.82) is 0 Å². The van der Waals surface area contributed by atoms with Crippen LogP contribution in [0.4, 0.5) is 0 Å². The van der Waals surface area contributed by atoms with Crippen LogP contribution >= 0.6 is 11.3 Å². The summed E-state index contributed by atoms with van der Waals surface area (Å²) in [4.78, 5) is 21.0. The van der Waals surface area contributed by atoms with Gasteiger partial charge < -0.3 is 5.11 Å². The molecule has 0 spiro atoms. The maximum Gasteiger partial charge on any atom is 0.315 e. The van der Waals surface area contributed by atoms with Gasteiger partial charge in [-0.2, -0.15) is 0 Å². The minimum Gasteiger partial charge on any atom is -0.481 e. The number of hydrogen-bond donors (Lipinski definition) is 1. The van der Waals surface area contributed by atoms with Gasteiger partial charge in [-0.15, -0.1) is 11.3 Å². The molecule has 1 rings (SSSR count). The topological polar surface area (TPSA) is 54.4 Å². The summed E-state index contributed by atoms with van der Waals surface area (Å²) in [7, 11) is 0. The first-order chi connectivity index (χ1) is 6.22. The summed E-state index contributed by atoms with van der Waals surface area (Å²) in [6, 6.07) is 1.63. The molecule has 0 aromatic carbocycles. The number of carboxylic acids is 1.